The van der Waals surface area contributed by atoms with Gasteiger partial charge in [0.2, 0.25) is 17.6 Å². The predicted molar refractivity (Wildman–Crippen MR) is 70.5 cm³/mol. The topological polar surface area (TPSA) is 116 Å². The van der Waals surface area contributed by atoms with Crippen LogP contribution >= 0.6 is 0 Å². The number of nitrogens with zero attached hydrogens (tertiary/aromatic N) is 4. The first-order valence-electron chi connectivity index (χ1n) is 5.99. The molecule has 8 nitrogen and oxygen atoms in total. The van der Waals surface area contributed by atoms with Gasteiger partial charge in [0, 0.05) is 24.6 Å². The van der Waals surface area contributed by atoms with Crippen LogP contribution in [0, 0.1) is 0 Å². The van der Waals surface area contributed by atoms with Crippen molar-refractivity contribution in [2.24, 2.45) is 5.73 Å². The highest BCUT2D eigenvalue weighted by Crippen LogP contribution is 2.14. The number of nitrogens with one attached hydrogen (secondary N) is 1. The normalized spacial score (nSPS) is 10.2. The molecule has 2 amide bonds. The molecule has 2 rings (SSSR count). The van der Waals surface area contributed by atoms with E-state index in [0.29, 0.717) is 24.5 Å². The van der Waals surface area contributed by atoms with Crippen molar-refractivity contribution >= 4 is 11.8 Å². The van der Waals surface area contributed by atoms with Crippen molar-refractivity contribution in [2.75, 3.05) is 6.54 Å². The molecule has 1 aromatic carbocycles. The maximum Gasteiger partial charge on any atom is 0.248 e. The summed E-state index contributed by atoms with van der Waals surface area (Å²) >= 11 is 0. The molecule has 0 spiro atoms. The molecule has 0 aliphatic carbocycles. The van der Waals surface area contributed by atoms with E-state index < -0.39 is 5.91 Å². The van der Waals surface area contributed by atoms with Crippen LogP contribution in [0.2, 0.25) is 0 Å². The van der Waals surface area contributed by atoms with Gasteiger partial charge < -0.3 is 11.1 Å². The highest BCUT2D eigenvalue weighted by atomic mass is 16.1. The molecule has 0 atom stereocenters. The molecule has 3 N–H and O–H groups in total. The number of hydrogen-bond donors (Lipinski definition) is 2. The lowest BCUT2D eigenvalue weighted by Gasteiger charge is -1.99. The van der Waals surface area contributed by atoms with Gasteiger partial charge in [-0.05, 0) is 17.3 Å². The molecule has 104 valence electrons. The van der Waals surface area contributed by atoms with E-state index in [4.69, 9.17) is 5.73 Å². The van der Waals surface area contributed by atoms with Gasteiger partial charge in [-0.3, -0.25) is 9.59 Å². The lowest BCUT2D eigenvalue weighted by molar-refractivity contribution is -0.119. The molecule has 0 aliphatic heterocycles. The number of aromatic nitrogens is 4. The maximum atomic E-state index is 11.0. The van der Waals surface area contributed by atoms with E-state index in [2.05, 4.69) is 20.7 Å². The number of benzene rings is 1. The quantitative estimate of drug-likeness (QED) is 0.767. The third-order valence-corrected chi connectivity index (χ3v) is 2.57. The van der Waals surface area contributed by atoms with E-state index >= 15 is 0 Å². The van der Waals surface area contributed by atoms with Crippen molar-refractivity contribution in [3.05, 3.63) is 29.8 Å². The largest absolute Gasteiger partial charge is 0.366 e. The molecular weight excluding hydrogens is 260 g/mol. The van der Waals surface area contributed by atoms with Crippen LogP contribution in [0.3, 0.4) is 0 Å². The smallest absolute Gasteiger partial charge is 0.248 e. The van der Waals surface area contributed by atoms with Gasteiger partial charge in [-0.2, -0.15) is 4.80 Å². The summed E-state index contributed by atoms with van der Waals surface area (Å²) in [6, 6.07) is 6.62. The van der Waals surface area contributed by atoms with Gasteiger partial charge in [0.05, 0.1) is 6.54 Å². The molecule has 8 heteroatoms. The van der Waals surface area contributed by atoms with Crippen molar-refractivity contribution in [3.63, 3.8) is 0 Å². The van der Waals surface area contributed by atoms with E-state index in [1.54, 1.807) is 24.3 Å². The van der Waals surface area contributed by atoms with Gasteiger partial charge in [0.1, 0.15) is 0 Å². The lowest BCUT2D eigenvalue weighted by Crippen LogP contribution is -2.25. The lowest BCUT2D eigenvalue weighted by atomic mass is 10.1. The van der Waals surface area contributed by atoms with Crippen molar-refractivity contribution in [1.82, 2.24) is 25.5 Å². The van der Waals surface area contributed by atoms with Crippen LogP contribution in [0.1, 0.15) is 17.3 Å². The zero-order chi connectivity index (χ0) is 14.5. The molecule has 1 heterocycles. The minimum absolute atomic E-state index is 0.104. The third-order valence-electron chi connectivity index (χ3n) is 2.57. The average molecular weight is 274 g/mol. The summed E-state index contributed by atoms with van der Waals surface area (Å²) in [5.74, 6) is -0.139. The SMILES string of the molecule is CC(=O)NCCn1nnc(-c2ccc(C(N)=O)cc2)n1. The van der Waals surface area contributed by atoms with Crippen LogP contribution in [0.4, 0.5) is 0 Å². The summed E-state index contributed by atoms with van der Waals surface area (Å²) < 4.78 is 0. The van der Waals surface area contributed by atoms with Gasteiger partial charge in [-0.15, -0.1) is 10.2 Å². The number of rotatable bonds is 5. The van der Waals surface area contributed by atoms with E-state index in [1.165, 1.54) is 11.7 Å². The summed E-state index contributed by atoms with van der Waals surface area (Å²) in [4.78, 5) is 23.1. The van der Waals surface area contributed by atoms with Crippen molar-refractivity contribution in [3.8, 4) is 11.4 Å². The number of primary amides is 1. The second kappa shape index (κ2) is 5.91. The Balaban J connectivity index is 2.04. The Hall–Kier alpha value is -2.77. The number of amides is 2. The molecule has 1 aromatic heterocycles. The first-order chi connectivity index (χ1) is 9.56. The van der Waals surface area contributed by atoms with Crippen LogP contribution in [-0.2, 0) is 11.3 Å². The van der Waals surface area contributed by atoms with Gasteiger partial charge in [0.25, 0.3) is 0 Å². The van der Waals surface area contributed by atoms with Crippen LogP contribution < -0.4 is 11.1 Å². The van der Waals surface area contributed by atoms with Gasteiger partial charge in [0.15, 0.2) is 0 Å². The molecule has 0 radical (unpaired) electrons. The molecular formula is C12H14N6O2. The minimum atomic E-state index is -0.483. The third kappa shape index (κ3) is 3.37. The highest BCUT2D eigenvalue weighted by molar-refractivity contribution is 5.93. The van der Waals surface area contributed by atoms with Gasteiger partial charge in [-0.25, -0.2) is 0 Å². The number of carbonyl (C=O) groups is 2. The fourth-order valence-corrected chi connectivity index (χ4v) is 1.57. The minimum Gasteiger partial charge on any atom is -0.366 e. The second-order valence-electron chi connectivity index (χ2n) is 4.13. The zero-order valence-corrected chi connectivity index (χ0v) is 10.9. The Labute approximate surface area is 115 Å². The molecule has 0 saturated carbocycles. The predicted octanol–water partition coefficient (Wildman–Crippen LogP) is -0.425. The fourth-order valence-electron chi connectivity index (χ4n) is 1.57. The van der Waals surface area contributed by atoms with E-state index in [9.17, 15) is 9.59 Å². The van der Waals surface area contributed by atoms with Crippen molar-refractivity contribution in [1.29, 1.82) is 0 Å². The Morgan fingerprint density at radius 1 is 1.30 bits per heavy atom. The van der Waals surface area contributed by atoms with Crippen LogP contribution in [0.5, 0.6) is 0 Å². The molecule has 0 bridgehead atoms. The Kier molecular flexibility index (Phi) is 4.04. The maximum absolute atomic E-state index is 11.0. The summed E-state index contributed by atoms with van der Waals surface area (Å²) in [6.07, 6.45) is 0. The number of tetrazole rings is 1. The Morgan fingerprint density at radius 2 is 2.00 bits per heavy atom. The molecule has 2 aromatic rings. The zero-order valence-electron chi connectivity index (χ0n) is 10.9. The van der Waals surface area contributed by atoms with Crippen LogP contribution in [0.25, 0.3) is 11.4 Å². The van der Waals surface area contributed by atoms with Crippen LogP contribution in [-0.4, -0.2) is 38.6 Å². The van der Waals surface area contributed by atoms with Crippen molar-refractivity contribution < 1.29 is 9.59 Å². The first-order valence-corrected chi connectivity index (χ1v) is 5.99. The molecule has 0 saturated heterocycles. The summed E-state index contributed by atoms with van der Waals surface area (Å²) in [6.45, 7) is 2.32. The number of carbonyl (C=O) groups excluding carboxylic acids is 2. The Bertz CT molecular complexity index is 619. The van der Waals surface area contributed by atoms with E-state index in [-0.39, 0.29) is 5.91 Å². The van der Waals surface area contributed by atoms with Crippen molar-refractivity contribution in [2.45, 2.75) is 13.5 Å². The second-order valence-corrected chi connectivity index (χ2v) is 4.13. The molecule has 0 unspecified atom stereocenters. The average Bonchev–Trinajstić information content (AvgIpc) is 2.87. The molecule has 0 fully saturated rings. The molecule has 20 heavy (non-hydrogen) atoms. The van der Waals surface area contributed by atoms with Crippen LogP contribution in [0.15, 0.2) is 24.3 Å². The number of nitrogens with two attached hydrogens (primary N) is 1. The van der Waals surface area contributed by atoms with Gasteiger partial charge in [-0.1, -0.05) is 12.1 Å². The summed E-state index contributed by atoms with van der Waals surface area (Å²) in [5, 5.41) is 14.6. The number of hydrogen-bond acceptors (Lipinski definition) is 5. The van der Waals surface area contributed by atoms with E-state index in [0.717, 1.165) is 5.56 Å². The van der Waals surface area contributed by atoms with Gasteiger partial charge >= 0.3 is 0 Å². The standard InChI is InChI=1S/C12H14N6O2/c1-8(19)14-6-7-18-16-12(15-17-18)10-4-2-9(3-5-10)11(13)20/h2-5H,6-7H2,1H3,(H2,13,20)(H,14,19). The molecule has 0 aliphatic rings. The monoisotopic (exact) mass is 274 g/mol. The fraction of sp³-hybridized carbons (Fsp3) is 0.250. The Morgan fingerprint density at radius 3 is 2.60 bits per heavy atom. The summed E-state index contributed by atoms with van der Waals surface area (Å²) in [5.41, 5.74) is 6.32. The highest BCUT2D eigenvalue weighted by Gasteiger charge is 2.07. The van der Waals surface area contributed by atoms with E-state index in [1.807, 2.05) is 0 Å². The first kappa shape index (κ1) is 13.7. The summed E-state index contributed by atoms with van der Waals surface area (Å²) in [7, 11) is 0.